The highest BCUT2D eigenvalue weighted by Gasteiger charge is 2.18. The maximum Gasteiger partial charge on any atom is 0.0737 e. The second kappa shape index (κ2) is 14.6. The van der Waals surface area contributed by atoms with Crippen molar-refractivity contribution in [1.29, 1.82) is 0 Å². The van der Waals surface area contributed by atoms with Crippen molar-refractivity contribution in [3.63, 3.8) is 0 Å². The number of pyridine rings is 1. The van der Waals surface area contributed by atoms with Crippen LogP contribution in [0.5, 0.6) is 0 Å². The monoisotopic (exact) mass is 508 g/mol. The lowest BCUT2D eigenvalue weighted by Gasteiger charge is -2.23. The Labute approximate surface area is 224 Å². The first-order valence-corrected chi connectivity index (χ1v) is 14.3. The van der Waals surface area contributed by atoms with Crippen LogP contribution in [0.3, 0.4) is 0 Å². The molecule has 0 amide bonds. The Balaban J connectivity index is 0.000000674. The molecule has 2 aliphatic heterocycles. The lowest BCUT2D eigenvalue weighted by atomic mass is 9.99. The zero-order valence-corrected chi connectivity index (χ0v) is 23.8. The average Bonchev–Trinajstić information content (AvgIpc) is 3.58. The molecule has 0 atom stereocenters. The van der Waals surface area contributed by atoms with Gasteiger partial charge in [-0.05, 0) is 112 Å². The van der Waals surface area contributed by atoms with Crippen molar-refractivity contribution in [2.45, 2.75) is 79.8 Å². The second-order valence-corrected chi connectivity index (χ2v) is 10.2. The minimum atomic E-state index is 0.716. The van der Waals surface area contributed by atoms with Gasteiger partial charge in [-0.15, -0.1) is 0 Å². The number of fused-ring (bicyclic) bond motifs is 1. The fraction of sp³-hybridized carbons (Fsp3) is 0.516. The number of nitrogens with one attached hydrogen (secondary N) is 1. The fourth-order valence-electron chi connectivity index (χ4n) is 4.99. The van der Waals surface area contributed by atoms with Crippen molar-refractivity contribution in [3.05, 3.63) is 64.3 Å². The summed E-state index contributed by atoms with van der Waals surface area (Å²) < 4.78 is 0. The quantitative estimate of drug-likeness (QED) is 0.361. The van der Waals surface area contributed by atoms with Crippen LogP contribution in [0.4, 0.5) is 11.4 Å². The van der Waals surface area contributed by atoms with E-state index in [0.29, 0.717) is 5.02 Å². The van der Waals surface area contributed by atoms with Crippen LogP contribution in [0.1, 0.15) is 76.5 Å². The molecule has 5 rings (SSSR count). The summed E-state index contributed by atoms with van der Waals surface area (Å²) in [6, 6.07) is 12.7. The highest BCUT2D eigenvalue weighted by Crippen LogP contribution is 2.31. The first-order valence-electron chi connectivity index (χ1n) is 14.0. The van der Waals surface area contributed by atoms with Gasteiger partial charge in [0.05, 0.1) is 5.52 Å². The Bertz CT molecular complexity index is 1050. The normalized spacial score (nSPS) is 15.8. The van der Waals surface area contributed by atoms with E-state index in [1.807, 2.05) is 32.2 Å². The molecule has 0 spiro atoms. The van der Waals surface area contributed by atoms with Crippen molar-refractivity contribution < 1.29 is 0 Å². The number of hydrogen-bond acceptors (Lipinski definition) is 4. The molecule has 3 aromatic rings. The zero-order valence-electron chi connectivity index (χ0n) is 23.0. The summed E-state index contributed by atoms with van der Waals surface area (Å²) in [5, 5.41) is 5.51. The van der Waals surface area contributed by atoms with E-state index >= 15 is 0 Å². The number of rotatable bonds is 6. The molecule has 0 saturated carbocycles. The average molecular weight is 509 g/mol. The van der Waals surface area contributed by atoms with Crippen LogP contribution < -0.4 is 5.32 Å². The molecule has 2 aliphatic rings. The molecule has 2 aromatic carbocycles. The predicted molar refractivity (Wildman–Crippen MR) is 158 cm³/mol. The second-order valence-electron chi connectivity index (χ2n) is 9.74. The summed E-state index contributed by atoms with van der Waals surface area (Å²) in [6.07, 6.45) is 8.39. The standard InChI is InChI=1S/C26H31ClN4.C3H8.C2H6/c1-19-20(17-30-10-2-3-11-30)14-23(15-21(19)18-31-12-4-5-13-31)29-25-8-9-28-26-16-22(27)6-7-24(25)26;1-3-2;1-2/h6-9,14-16H,2-5,10-13,17-18H2,1H3,(H,28,29);3H2,1-2H3;1-2H3. The van der Waals surface area contributed by atoms with Crippen molar-refractivity contribution in [2.75, 3.05) is 31.5 Å². The van der Waals surface area contributed by atoms with E-state index in [1.165, 1.54) is 75.0 Å². The lowest BCUT2D eigenvalue weighted by Crippen LogP contribution is -2.22. The molecule has 0 aliphatic carbocycles. The highest BCUT2D eigenvalue weighted by molar-refractivity contribution is 6.31. The van der Waals surface area contributed by atoms with Gasteiger partial charge < -0.3 is 5.32 Å². The van der Waals surface area contributed by atoms with Crippen molar-refractivity contribution in [2.24, 2.45) is 0 Å². The summed E-state index contributed by atoms with van der Waals surface area (Å²) in [7, 11) is 0. The Hall–Kier alpha value is -2.14. The molecule has 2 saturated heterocycles. The third kappa shape index (κ3) is 7.68. The maximum atomic E-state index is 6.18. The van der Waals surface area contributed by atoms with Crippen LogP contribution in [0.2, 0.25) is 5.02 Å². The van der Waals surface area contributed by atoms with Crippen LogP contribution in [0.25, 0.3) is 10.9 Å². The predicted octanol–water partition coefficient (Wildman–Crippen LogP) is 8.57. The maximum absolute atomic E-state index is 6.18. The summed E-state index contributed by atoms with van der Waals surface area (Å²) in [6.45, 7) is 17.5. The SMILES string of the molecule is CC.CCC.Cc1c(CN2CCCC2)cc(Nc2ccnc3cc(Cl)ccc23)cc1CN1CCCC1. The van der Waals surface area contributed by atoms with E-state index in [1.54, 1.807) is 0 Å². The summed E-state index contributed by atoms with van der Waals surface area (Å²) in [5.41, 5.74) is 7.50. The van der Waals surface area contributed by atoms with Gasteiger partial charge in [-0.1, -0.05) is 45.7 Å². The molecule has 0 radical (unpaired) electrons. The van der Waals surface area contributed by atoms with E-state index < -0.39 is 0 Å². The van der Waals surface area contributed by atoms with Crippen molar-refractivity contribution >= 4 is 33.9 Å². The van der Waals surface area contributed by atoms with Crippen LogP contribution >= 0.6 is 11.6 Å². The van der Waals surface area contributed by atoms with E-state index in [4.69, 9.17) is 11.6 Å². The number of hydrogen-bond donors (Lipinski definition) is 1. The van der Waals surface area contributed by atoms with Crippen LogP contribution in [0.15, 0.2) is 42.6 Å². The minimum absolute atomic E-state index is 0.716. The van der Waals surface area contributed by atoms with Gasteiger partial charge >= 0.3 is 0 Å². The van der Waals surface area contributed by atoms with Crippen LogP contribution in [0, 0.1) is 6.92 Å². The molecule has 5 heteroatoms. The number of halogens is 1. The number of anilines is 2. The van der Waals surface area contributed by atoms with E-state index in [-0.39, 0.29) is 0 Å². The molecule has 4 nitrogen and oxygen atoms in total. The molecule has 0 bridgehead atoms. The summed E-state index contributed by atoms with van der Waals surface area (Å²) in [4.78, 5) is 9.68. The number of benzene rings is 2. The third-order valence-corrected chi connectivity index (χ3v) is 7.03. The minimum Gasteiger partial charge on any atom is -0.355 e. The topological polar surface area (TPSA) is 31.4 Å². The molecule has 3 heterocycles. The van der Waals surface area contributed by atoms with Gasteiger partial charge in [0, 0.05) is 41.1 Å². The smallest absolute Gasteiger partial charge is 0.0737 e. The first-order chi connectivity index (χ1) is 17.6. The largest absolute Gasteiger partial charge is 0.355 e. The Kier molecular flexibility index (Phi) is 11.5. The summed E-state index contributed by atoms with van der Waals surface area (Å²) >= 11 is 6.18. The molecular formula is C31H45ClN4. The van der Waals surface area contributed by atoms with E-state index in [9.17, 15) is 0 Å². The van der Waals surface area contributed by atoms with Gasteiger partial charge in [0.15, 0.2) is 0 Å². The van der Waals surface area contributed by atoms with Gasteiger partial charge in [-0.2, -0.15) is 0 Å². The fourth-order valence-corrected chi connectivity index (χ4v) is 5.16. The molecule has 1 N–H and O–H groups in total. The molecule has 36 heavy (non-hydrogen) atoms. The Morgan fingerprint density at radius 2 is 1.36 bits per heavy atom. The van der Waals surface area contributed by atoms with Crippen molar-refractivity contribution in [1.82, 2.24) is 14.8 Å². The van der Waals surface area contributed by atoms with Gasteiger partial charge in [-0.3, -0.25) is 14.8 Å². The summed E-state index contributed by atoms with van der Waals surface area (Å²) in [5.74, 6) is 0. The first kappa shape index (κ1) is 28.4. The number of likely N-dealkylation sites (tertiary alicyclic amines) is 2. The Morgan fingerprint density at radius 3 is 1.89 bits per heavy atom. The van der Waals surface area contributed by atoms with E-state index in [0.717, 1.165) is 35.4 Å². The highest BCUT2D eigenvalue weighted by atomic mass is 35.5. The molecule has 2 fully saturated rings. The zero-order chi connectivity index (χ0) is 25.9. The van der Waals surface area contributed by atoms with Gasteiger partial charge in [-0.25, -0.2) is 0 Å². The van der Waals surface area contributed by atoms with Gasteiger partial charge in [0.25, 0.3) is 0 Å². The van der Waals surface area contributed by atoms with Crippen LogP contribution in [-0.4, -0.2) is 41.0 Å². The molecule has 1 aromatic heterocycles. The van der Waals surface area contributed by atoms with Crippen LogP contribution in [-0.2, 0) is 13.1 Å². The Morgan fingerprint density at radius 1 is 0.833 bits per heavy atom. The van der Waals surface area contributed by atoms with Gasteiger partial charge in [0.2, 0.25) is 0 Å². The molecular weight excluding hydrogens is 464 g/mol. The number of nitrogens with zero attached hydrogens (tertiary/aromatic N) is 3. The van der Waals surface area contributed by atoms with Crippen molar-refractivity contribution in [3.8, 4) is 0 Å². The number of aromatic nitrogens is 1. The molecule has 0 unspecified atom stereocenters. The third-order valence-electron chi connectivity index (χ3n) is 6.79. The lowest BCUT2D eigenvalue weighted by molar-refractivity contribution is 0.324. The van der Waals surface area contributed by atoms with E-state index in [2.05, 4.69) is 65.1 Å². The van der Waals surface area contributed by atoms with Gasteiger partial charge in [0.1, 0.15) is 0 Å². The molecule has 196 valence electrons.